The van der Waals surface area contributed by atoms with E-state index >= 15 is 0 Å². The Hall–Kier alpha value is -0.0800. The van der Waals surface area contributed by atoms with E-state index in [0.29, 0.717) is 6.61 Å². The molecule has 0 aromatic carbocycles. The first kappa shape index (κ1) is 13.0. The highest BCUT2D eigenvalue weighted by atomic mass is 16.3. The van der Waals surface area contributed by atoms with Gasteiger partial charge in [0.25, 0.3) is 0 Å². The highest BCUT2D eigenvalue weighted by molar-refractivity contribution is 4.74. The Labute approximate surface area is 94.5 Å². The molecule has 2 nitrogen and oxygen atoms in total. The molecule has 0 heterocycles. The summed E-state index contributed by atoms with van der Waals surface area (Å²) < 4.78 is 0. The van der Waals surface area contributed by atoms with Gasteiger partial charge in [-0.2, -0.15) is 0 Å². The molecule has 1 aliphatic rings. The van der Waals surface area contributed by atoms with Crippen molar-refractivity contribution in [3.63, 3.8) is 0 Å². The molecule has 2 heteroatoms. The summed E-state index contributed by atoms with van der Waals surface area (Å²) in [5.74, 6) is 0.906. The van der Waals surface area contributed by atoms with Gasteiger partial charge in [-0.1, -0.05) is 33.1 Å². The maximum atomic E-state index is 8.92. The van der Waals surface area contributed by atoms with Crippen LogP contribution < -0.4 is 5.32 Å². The molecule has 0 bridgehead atoms. The molecule has 0 aromatic rings. The van der Waals surface area contributed by atoms with Gasteiger partial charge >= 0.3 is 0 Å². The van der Waals surface area contributed by atoms with E-state index in [1.807, 2.05) is 0 Å². The molecule has 1 aliphatic carbocycles. The number of nitrogens with one attached hydrogen (secondary N) is 1. The van der Waals surface area contributed by atoms with Crippen LogP contribution in [0.5, 0.6) is 0 Å². The van der Waals surface area contributed by atoms with Gasteiger partial charge in [-0.05, 0) is 37.1 Å². The van der Waals surface area contributed by atoms with Crippen molar-refractivity contribution >= 4 is 0 Å². The fourth-order valence-corrected chi connectivity index (χ4v) is 2.40. The predicted octanol–water partition coefficient (Wildman–Crippen LogP) is 2.56. The zero-order valence-electron chi connectivity index (χ0n) is 10.4. The van der Waals surface area contributed by atoms with Gasteiger partial charge in [-0.3, -0.25) is 0 Å². The van der Waals surface area contributed by atoms with Crippen molar-refractivity contribution < 1.29 is 5.11 Å². The number of hydrogen-bond donors (Lipinski definition) is 2. The summed E-state index contributed by atoms with van der Waals surface area (Å²) in [6, 6.07) is 0. The van der Waals surface area contributed by atoms with Crippen LogP contribution in [0.15, 0.2) is 0 Å². The third kappa shape index (κ3) is 5.53. The lowest BCUT2D eigenvalue weighted by molar-refractivity contribution is 0.203. The van der Waals surface area contributed by atoms with Crippen LogP contribution in [0.4, 0.5) is 0 Å². The first-order chi connectivity index (χ1) is 7.14. The van der Waals surface area contributed by atoms with E-state index in [1.165, 1.54) is 38.6 Å². The van der Waals surface area contributed by atoms with Crippen molar-refractivity contribution in [2.75, 3.05) is 19.7 Å². The molecule has 0 saturated heterocycles. The molecule has 0 atom stereocenters. The fourth-order valence-electron chi connectivity index (χ4n) is 2.40. The Balaban J connectivity index is 2.09. The third-order valence-electron chi connectivity index (χ3n) is 3.55. The van der Waals surface area contributed by atoms with E-state index in [-0.39, 0.29) is 5.41 Å². The molecular formula is C13H27NO. The summed E-state index contributed by atoms with van der Waals surface area (Å²) in [4.78, 5) is 0. The Bertz CT molecular complexity index is 162. The van der Waals surface area contributed by atoms with Gasteiger partial charge < -0.3 is 10.4 Å². The SMILES string of the molecule is CC(C)(CCO)CNCC1CCCCC1. The smallest absolute Gasteiger partial charge is 0.0436 e. The maximum Gasteiger partial charge on any atom is 0.0436 e. The molecule has 0 spiro atoms. The summed E-state index contributed by atoms with van der Waals surface area (Å²) in [5.41, 5.74) is 0.240. The van der Waals surface area contributed by atoms with Crippen LogP contribution >= 0.6 is 0 Å². The Kier molecular flexibility index (Phi) is 5.62. The second-order valence-corrected chi connectivity index (χ2v) is 5.77. The monoisotopic (exact) mass is 213 g/mol. The zero-order valence-corrected chi connectivity index (χ0v) is 10.4. The van der Waals surface area contributed by atoms with Crippen molar-refractivity contribution in [1.82, 2.24) is 5.32 Å². The lowest BCUT2D eigenvalue weighted by Gasteiger charge is -2.27. The van der Waals surface area contributed by atoms with E-state index in [0.717, 1.165) is 18.9 Å². The van der Waals surface area contributed by atoms with Crippen LogP contribution in [0.2, 0.25) is 0 Å². The number of rotatable bonds is 6. The minimum absolute atomic E-state index is 0.240. The first-order valence-electron chi connectivity index (χ1n) is 6.46. The van der Waals surface area contributed by atoms with Crippen LogP contribution in [0.3, 0.4) is 0 Å². The van der Waals surface area contributed by atoms with Gasteiger partial charge in [0.2, 0.25) is 0 Å². The second kappa shape index (κ2) is 6.49. The molecule has 0 aromatic heterocycles. The van der Waals surface area contributed by atoms with Crippen LogP contribution in [0.25, 0.3) is 0 Å². The summed E-state index contributed by atoms with van der Waals surface area (Å²) in [7, 11) is 0. The van der Waals surface area contributed by atoms with E-state index < -0.39 is 0 Å². The van der Waals surface area contributed by atoms with Crippen LogP contribution in [0, 0.1) is 11.3 Å². The van der Waals surface area contributed by atoms with E-state index in [9.17, 15) is 0 Å². The van der Waals surface area contributed by atoms with Crippen molar-refractivity contribution in [1.29, 1.82) is 0 Å². The molecule has 1 saturated carbocycles. The Morgan fingerprint density at radius 3 is 2.47 bits per heavy atom. The van der Waals surface area contributed by atoms with Gasteiger partial charge in [0.15, 0.2) is 0 Å². The molecular weight excluding hydrogens is 186 g/mol. The largest absolute Gasteiger partial charge is 0.396 e. The lowest BCUT2D eigenvalue weighted by atomic mass is 9.87. The van der Waals surface area contributed by atoms with Gasteiger partial charge in [0.05, 0.1) is 0 Å². The lowest BCUT2D eigenvalue weighted by Crippen LogP contribution is -2.34. The summed E-state index contributed by atoms with van der Waals surface area (Å²) >= 11 is 0. The first-order valence-corrected chi connectivity index (χ1v) is 6.46. The average molecular weight is 213 g/mol. The van der Waals surface area contributed by atoms with Crippen LogP contribution in [-0.4, -0.2) is 24.8 Å². The van der Waals surface area contributed by atoms with E-state index in [2.05, 4.69) is 19.2 Å². The minimum Gasteiger partial charge on any atom is -0.396 e. The van der Waals surface area contributed by atoms with Crippen LogP contribution in [-0.2, 0) is 0 Å². The second-order valence-electron chi connectivity index (χ2n) is 5.77. The standard InChI is InChI=1S/C13H27NO/c1-13(2,8-9-15)11-14-10-12-6-4-3-5-7-12/h12,14-15H,3-11H2,1-2H3. The number of hydrogen-bond acceptors (Lipinski definition) is 2. The Morgan fingerprint density at radius 1 is 1.20 bits per heavy atom. The van der Waals surface area contributed by atoms with Gasteiger partial charge in [0.1, 0.15) is 0 Å². The Morgan fingerprint density at radius 2 is 1.87 bits per heavy atom. The predicted molar refractivity (Wildman–Crippen MR) is 64.9 cm³/mol. The highest BCUT2D eigenvalue weighted by Crippen LogP contribution is 2.23. The van der Waals surface area contributed by atoms with Crippen molar-refractivity contribution in [2.45, 2.75) is 52.4 Å². The maximum absolute atomic E-state index is 8.92. The average Bonchev–Trinajstić information content (AvgIpc) is 2.19. The molecule has 2 N–H and O–H groups in total. The summed E-state index contributed by atoms with van der Waals surface area (Å²) in [6.07, 6.45) is 8.00. The zero-order chi connectivity index (χ0) is 11.1. The van der Waals surface area contributed by atoms with Gasteiger partial charge in [0, 0.05) is 13.2 Å². The summed E-state index contributed by atoms with van der Waals surface area (Å²) in [6.45, 7) is 6.95. The van der Waals surface area contributed by atoms with E-state index in [4.69, 9.17) is 5.11 Å². The summed E-state index contributed by atoms with van der Waals surface area (Å²) in [5, 5.41) is 12.5. The molecule has 0 aliphatic heterocycles. The highest BCUT2D eigenvalue weighted by Gasteiger charge is 2.18. The van der Waals surface area contributed by atoms with Gasteiger partial charge in [-0.15, -0.1) is 0 Å². The molecule has 0 radical (unpaired) electrons. The quantitative estimate of drug-likeness (QED) is 0.711. The van der Waals surface area contributed by atoms with Crippen molar-refractivity contribution in [3.05, 3.63) is 0 Å². The molecule has 0 unspecified atom stereocenters. The van der Waals surface area contributed by atoms with Crippen LogP contribution in [0.1, 0.15) is 52.4 Å². The topological polar surface area (TPSA) is 32.3 Å². The van der Waals surface area contributed by atoms with E-state index in [1.54, 1.807) is 0 Å². The molecule has 0 amide bonds. The molecule has 1 fully saturated rings. The normalized spacial score (nSPS) is 19.4. The third-order valence-corrected chi connectivity index (χ3v) is 3.55. The number of aliphatic hydroxyl groups is 1. The molecule has 90 valence electrons. The van der Waals surface area contributed by atoms with Crippen molar-refractivity contribution in [2.24, 2.45) is 11.3 Å². The van der Waals surface area contributed by atoms with Gasteiger partial charge in [-0.25, -0.2) is 0 Å². The number of aliphatic hydroxyl groups excluding tert-OH is 1. The van der Waals surface area contributed by atoms with Crippen molar-refractivity contribution in [3.8, 4) is 0 Å². The fraction of sp³-hybridized carbons (Fsp3) is 1.00. The molecule has 15 heavy (non-hydrogen) atoms. The minimum atomic E-state index is 0.240. The molecule has 1 rings (SSSR count).